The summed E-state index contributed by atoms with van der Waals surface area (Å²) in [5.41, 5.74) is 3.43. The molecule has 2 unspecified atom stereocenters. The molecule has 1 N–H and O–H groups in total. The standard InChI is InChI=1S/C22H38N2O3/c1-5-27-13-20(26)24-12-18-11-23(14-22(18,15-24)16-25)10-8-19-17(2)7-6-9-21(19,3)4/h18,25H,5-16H2,1-4H3. The summed E-state index contributed by atoms with van der Waals surface area (Å²) in [5, 5.41) is 10.2. The second-order valence-corrected chi connectivity index (χ2v) is 9.61. The Hall–Kier alpha value is -0.910. The Labute approximate surface area is 164 Å². The van der Waals surface area contributed by atoms with Crippen molar-refractivity contribution in [3.8, 4) is 0 Å². The number of aliphatic hydroxyl groups is 1. The molecule has 2 aliphatic heterocycles. The minimum absolute atomic E-state index is 0.0651. The fourth-order valence-corrected chi connectivity index (χ4v) is 5.65. The summed E-state index contributed by atoms with van der Waals surface area (Å²) in [6, 6.07) is 0. The van der Waals surface area contributed by atoms with E-state index in [1.807, 2.05) is 11.8 Å². The van der Waals surface area contributed by atoms with Crippen LogP contribution in [0.2, 0.25) is 0 Å². The van der Waals surface area contributed by atoms with Gasteiger partial charge in [-0.2, -0.15) is 0 Å². The predicted molar refractivity (Wildman–Crippen MR) is 107 cm³/mol. The second-order valence-electron chi connectivity index (χ2n) is 9.61. The largest absolute Gasteiger partial charge is 0.396 e. The Morgan fingerprint density at radius 2 is 2.07 bits per heavy atom. The topological polar surface area (TPSA) is 53.0 Å². The van der Waals surface area contributed by atoms with E-state index in [0.29, 0.717) is 24.5 Å². The van der Waals surface area contributed by atoms with Crippen molar-refractivity contribution in [1.82, 2.24) is 9.80 Å². The highest BCUT2D eigenvalue weighted by atomic mass is 16.5. The highest BCUT2D eigenvalue weighted by Gasteiger charge is 2.52. The number of hydrogen-bond donors (Lipinski definition) is 1. The number of likely N-dealkylation sites (tertiary alicyclic amines) is 2. The number of carbonyl (C=O) groups is 1. The molecule has 0 radical (unpaired) electrons. The van der Waals surface area contributed by atoms with Crippen LogP contribution >= 0.6 is 0 Å². The molecule has 154 valence electrons. The molecule has 0 saturated carbocycles. The van der Waals surface area contributed by atoms with Crippen LogP contribution in [0.3, 0.4) is 0 Å². The SMILES string of the molecule is CCOCC(=O)N1CC2CN(CCC3=C(C)CCCC3(C)C)CC2(CO)C1. The van der Waals surface area contributed by atoms with Crippen LogP contribution in [0.15, 0.2) is 11.1 Å². The van der Waals surface area contributed by atoms with Crippen molar-refractivity contribution in [2.24, 2.45) is 16.7 Å². The second kappa shape index (κ2) is 8.22. The molecule has 2 saturated heterocycles. The highest BCUT2D eigenvalue weighted by Crippen LogP contribution is 2.44. The molecule has 3 aliphatic rings. The molecule has 1 aliphatic carbocycles. The van der Waals surface area contributed by atoms with Gasteiger partial charge in [-0.1, -0.05) is 25.0 Å². The zero-order valence-corrected chi connectivity index (χ0v) is 17.7. The summed E-state index contributed by atoms with van der Waals surface area (Å²) >= 11 is 0. The zero-order chi connectivity index (χ0) is 19.7. The molecule has 0 aromatic carbocycles. The van der Waals surface area contributed by atoms with Crippen molar-refractivity contribution in [1.29, 1.82) is 0 Å². The molecule has 2 atom stereocenters. The van der Waals surface area contributed by atoms with Gasteiger partial charge in [-0.15, -0.1) is 0 Å². The van der Waals surface area contributed by atoms with Crippen molar-refractivity contribution >= 4 is 5.91 Å². The van der Waals surface area contributed by atoms with Gasteiger partial charge in [-0.05, 0) is 50.9 Å². The van der Waals surface area contributed by atoms with Gasteiger partial charge in [0.1, 0.15) is 6.61 Å². The van der Waals surface area contributed by atoms with Gasteiger partial charge in [0.05, 0.1) is 6.61 Å². The third kappa shape index (κ3) is 4.25. The van der Waals surface area contributed by atoms with Gasteiger partial charge >= 0.3 is 0 Å². The number of carbonyl (C=O) groups excluding carboxylic acids is 1. The van der Waals surface area contributed by atoms with Gasteiger partial charge in [0.25, 0.3) is 0 Å². The fourth-order valence-electron chi connectivity index (χ4n) is 5.65. The first-order chi connectivity index (χ1) is 12.8. The number of hydrogen-bond acceptors (Lipinski definition) is 4. The lowest BCUT2D eigenvalue weighted by molar-refractivity contribution is -0.135. The lowest BCUT2D eigenvalue weighted by Crippen LogP contribution is -2.40. The van der Waals surface area contributed by atoms with E-state index in [2.05, 4.69) is 25.7 Å². The van der Waals surface area contributed by atoms with E-state index >= 15 is 0 Å². The summed E-state index contributed by atoms with van der Waals surface area (Å²) in [6.07, 6.45) is 4.99. The van der Waals surface area contributed by atoms with E-state index in [1.165, 1.54) is 19.3 Å². The van der Waals surface area contributed by atoms with Crippen molar-refractivity contribution in [2.75, 3.05) is 52.5 Å². The molecule has 1 amide bonds. The van der Waals surface area contributed by atoms with Crippen LogP contribution in [0.1, 0.15) is 53.4 Å². The number of rotatable bonds is 7. The van der Waals surface area contributed by atoms with Crippen LogP contribution in [0, 0.1) is 16.7 Å². The molecular formula is C22H38N2O3. The maximum absolute atomic E-state index is 12.3. The zero-order valence-electron chi connectivity index (χ0n) is 17.7. The third-order valence-electron chi connectivity index (χ3n) is 7.29. The number of ether oxygens (including phenoxy) is 1. The van der Waals surface area contributed by atoms with E-state index in [4.69, 9.17) is 4.74 Å². The van der Waals surface area contributed by atoms with Gasteiger partial charge in [0.15, 0.2) is 0 Å². The highest BCUT2D eigenvalue weighted by molar-refractivity contribution is 5.78. The van der Waals surface area contributed by atoms with Crippen LogP contribution < -0.4 is 0 Å². The summed E-state index contributed by atoms with van der Waals surface area (Å²) in [4.78, 5) is 16.7. The number of aliphatic hydroxyl groups excluding tert-OH is 1. The van der Waals surface area contributed by atoms with E-state index in [9.17, 15) is 9.90 Å². The lowest BCUT2D eigenvalue weighted by Gasteiger charge is -2.36. The smallest absolute Gasteiger partial charge is 0.248 e. The summed E-state index contributed by atoms with van der Waals surface area (Å²) in [6.45, 7) is 14.3. The van der Waals surface area contributed by atoms with E-state index in [-0.39, 0.29) is 24.5 Å². The average molecular weight is 379 g/mol. The Morgan fingerprint density at radius 3 is 2.70 bits per heavy atom. The Balaban J connectivity index is 1.58. The molecule has 2 fully saturated rings. The van der Waals surface area contributed by atoms with E-state index in [0.717, 1.165) is 32.6 Å². The molecule has 5 heteroatoms. The van der Waals surface area contributed by atoms with Crippen molar-refractivity contribution < 1.29 is 14.6 Å². The van der Waals surface area contributed by atoms with Gasteiger partial charge in [0, 0.05) is 44.7 Å². The first kappa shape index (κ1) is 20.8. The van der Waals surface area contributed by atoms with Crippen molar-refractivity contribution in [3.05, 3.63) is 11.1 Å². The monoisotopic (exact) mass is 378 g/mol. The van der Waals surface area contributed by atoms with E-state index in [1.54, 1.807) is 11.1 Å². The van der Waals surface area contributed by atoms with Gasteiger partial charge in [-0.25, -0.2) is 0 Å². The van der Waals surface area contributed by atoms with Gasteiger partial charge < -0.3 is 19.6 Å². The average Bonchev–Trinajstić information content (AvgIpc) is 3.13. The molecule has 5 nitrogen and oxygen atoms in total. The number of allylic oxidation sites excluding steroid dienone is 1. The first-order valence-electron chi connectivity index (χ1n) is 10.7. The summed E-state index contributed by atoms with van der Waals surface area (Å²) in [5.74, 6) is 0.442. The minimum atomic E-state index is -0.145. The van der Waals surface area contributed by atoms with Gasteiger partial charge in [0.2, 0.25) is 5.91 Å². The van der Waals surface area contributed by atoms with Crippen LogP contribution in [-0.4, -0.2) is 73.4 Å². The summed E-state index contributed by atoms with van der Waals surface area (Å²) in [7, 11) is 0. The molecule has 27 heavy (non-hydrogen) atoms. The Morgan fingerprint density at radius 1 is 1.30 bits per heavy atom. The molecule has 0 spiro atoms. The quantitative estimate of drug-likeness (QED) is 0.692. The molecule has 3 rings (SSSR count). The van der Waals surface area contributed by atoms with Crippen molar-refractivity contribution in [3.63, 3.8) is 0 Å². The van der Waals surface area contributed by atoms with Crippen LogP contribution in [0.4, 0.5) is 0 Å². The lowest BCUT2D eigenvalue weighted by atomic mass is 9.71. The Bertz CT molecular complexity index is 586. The third-order valence-corrected chi connectivity index (χ3v) is 7.29. The van der Waals surface area contributed by atoms with E-state index < -0.39 is 0 Å². The molecule has 2 heterocycles. The predicted octanol–water partition coefficient (Wildman–Crippen LogP) is 2.69. The summed E-state index contributed by atoms with van der Waals surface area (Å²) < 4.78 is 5.28. The maximum atomic E-state index is 12.3. The molecule has 0 aromatic rings. The first-order valence-corrected chi connectivity index (χ1v) is 10.7. The van der Waals surface area contributed by atoms with Crippen LogP contribution in [-0.2, 0) is 9.53 Å². The van der Waals surface area contributed by atoms with Crippen LogP contribution in [0.5, 0.6) is 0 Å². The number of amides is 1. The maximum Gasteiger partial charge on any atom is 0.248 e. The fraction of sp³-hybridized carbons (Fsp3) is 0.864. The van der Waals surface area contributed by atoms with Crippen molar-refractivity contribution in [2.45, 2.75) is 53.4 Å². The normalized spacial score (nSPS) is 30.9. The molecule has 0 aromatic heterocycles. The molecular weight excluding hydrogens is 340 g/mol. The minimum Gasteiger partial charge on any atom is -0.396 e. The van der Waals surface area contributed by atoms with Gasteiger partial charge in [-0.3, -0.25) is 4.79 Å². The number of fused-ring (bicyclic) bond motifs is 1. The number of nitrogens with zero attached hydrogens (tertiary/aromatic N) is 2. The van der Waals surface area contributed by atoms with Crippen LogP contribution in [0.25, 0.3) is 0 Å². The Kier molecular flexibility index (Phi) is 6.34. The molecule has 0 bridgehead atoms.